The summed E-state index contributed by atoms with van der Waals surface area (Å²) in [7, 11) is 1.66. The second-order valence-corrected chi connectivity index (χ2v) is 7.62. The summed E-state index contributed by atoms with van der Waals surface area (Å²) in [6.07, 6.45) is 2.25. The van der Waals surface area contributed by atoms with Gasteiger partial charge in [0.2, 0.25) is 0 Å². The van der Waals surface area contributed by atoms with Gasteiger partial charge in [0.25, 0.3) is 5.91 Å². The number of hydrogen-bond donors (Lipinski definition) is 0. The number of benzene rings is 1. The molecule has 31 heavy (non-hydrogen) atoms. The van der Waals surface area contributed by atoms with E-state index >= 15 is 0 Å². The Morgan fingerprint density at radius 2 is 1.84 bits per heavy atom. The minimum Gasteiger partial charge on any atom is -0.332 e. The summed E-state index contributed by atoms with van der Waals surface area (Å²) < 4.78 is 44.1. The zero-order chi connectivity index (χ0) is 21.9. The maximum atomic E-state index is 13.8. The molecule has 0 saturated carbocycles. The van der Waals surface area contributed by atoms with Gasteiger partial charge >= 0.3 is 0 Å². The zero-order valence-electron chi connectivity index (χ0n) is 16.9. The van der Waals surface area contributed by atoms with Gasteiger partial charge in [0.15, 0.2) is 17.5 Å². The molecule has 9 heteroatoms. The Balaban J connectivity index is 1.50. The average Bonchev–Trinajstić information content (AvgIpc) is 3.25. The first-order valence-corrected chi connectivity index (χ1v) is 9.78. The number of hydrogen-bond acceptors (Lipinski definition) is 3. The van der Waals surface area contributed by atoms with Crippen LogP contribution >= 0.6 is 0 Å². The summed E-state index contributed by atoms with van der Waals surface area (Å²) >= 11 is 0. The lowest BCUT2D eigenvalue weighted by molar-refractivity contribution is 0.0733. The van der Waals surface area contributed by atoms with Crippen LogP contribution in [0.25, 0.3) is 16.8 Å². The Morgan fingerprint density at radius 3 is 2.58 bits per heavy atom. The van der Waals surface area contributed by atoms with E-state index in [0.717, 1.165) is 23.2 Å². The third-order valence-electron chi connectivity index (χ3n) is 5.67. The maximum absolute atomic E-state index is 13.8. The van der Waals surface area contributed by atoms with Crippen LogP contribution in [-0.2, 0) is 20.0 Å². The van der Waals surface area contributed by atoms with E-state index < -0.39 is 17.5 Å². The van der Waals surface area contributed by atoms with Crippen LogP contribution in [0, 0.1) is 24.4 Å². The molecule has 0 atom stereocenters. The van der Waals surface area contributed by atoms with E-state index in [9.17, 15) is 18.0 Å². The number of nitrogens with zero attached hydrogens (tertiary/aromatic N) is 5. The topological polar surface area (TPSA) is 55.4 Å². The number of aromatic nitrogens is 4. The Labute approximate surface area is 175 Å². The molecule has 0 unspecified atom stereocenters. The lowest BCUT2D eigenvalue weighted by Gasteiger charge is -2.26. The van der Waals surface area contributed by atoms with Crippen molar-refractivity contribution in [3.8, 4) is 11.3 Å². The third-order valence-corrected chi connectivity index (χ3v) is 5.67. The lowest BCUT2D eigenvalue weighted by atomic mass is 9.99. The van der Waals surface area contributed by atoms with Gasteiger partial charge in [-0.25, -0.2) is 17.7 Å². The molecule has 5 rings (SSSR count). The Kier molecular flexibility index (Phi) is 4.35. The third kappa shape index (κ3) is 2.99. The fraction of sp³-hybridized carbons (Fsp3) is 0.227. The number of fused-ring (bicyclic) bond motifs is 2. The van der Waals surface area contributed by atoms with Crippen LogP contribution in [0.4, 0.5) is 13.2 Å². The largest absolute Gasteiger partial charge is 0.332 e. The van der Waals surface area contributed by atoms with Gasteiger partial charge in [-0.1, -0.05) is 6.07 Å². The molecule has 1 aliphatic heterocycles. The minimum absolute atomic E-state index is 0.143. The van der Waals surface area contributed by atoms with Gasteiger partial charge in [-0.2, -0.15) is 10.2 Å². The second-order valence-electron chi connectivity index (χ2n) is 7.62. The number of rotatable bonds is 2. The van der Waals surface area contributed by atoms with Gasteiger partial charge in [-0.15, -0.1) is 0 Å². The van der Waals surface area contributed by atoms with Crippen molar-refractivity contribution in [3.05, 3.63) is 76.5 Å². The quantitative estimate of drug-likeness (QED) is 0.461. The molecule has 0 saturated heterocycles. The van der Waals surface area contributed by atoms with E-state index in [-0.39, 0.29) is 18.0 Å². The van der Waals surface area contributed by atoms with Crippen molar-refractivity contribution in [2.45, 2.75) is 19.9 Å². The minimum atomic E-state index is -1.50. The highest BCUT2D eigenvalue weighted by atomic mass is 19.2. The summed E-state index contributed by atoms with van der Waals surface area (Å²) in [6.45, 7) is 2.48. The SMILES string of the molecule is Cc1nn2ccccc2c1C(=O)N1CCc2c(nn(C)c2-c2cc(F)c(F)c(F)c2)C1. The van der Waals surface area contributed by atoms with Crippen LogP contribution in [0.1, 0.15) is 27.3 Å². The van der Waals surface area contributed by atoms with Crippen molar-refractivity contribution in [1.82, 2.24) is 24.3 Å². The summed E-state index contributed by atoms with van der Waals surface area (Å²) in [5, 5.41) is 8.87. The normalized spacial score (nSPS) is 13.6. The Hall–Kier alpha value is -3.62. The van der Waals surface area contributed by atoms with Crippen molar-refractivity contribution < 1.29 is 18.0 Å². The molecule has 0 aliphatic carbocycles. The Bertz CT molecular complexity index is 1330. The smallest absolute Gasteiger partial charge is 0.258 e. The average molecular weight is 425 g/mol. The molecule has 0 bridgehead atoms. The molecule has 158 valence electrons. The highest BCUT2D eigenvalue weighted by Gasteiger charge is 2.30. The van der Waals surface area contributed by atoms with Gasteiger partial charge in [0, 0.05) is 30.9 Å². The maximum Gasteiger partial charge on any atom is 0.258 e. The van der Waals surface area contributed by atoms with E-state index in [1.807, 2.05) is 18.2 Å². The molecule has 0 radical (unpaired) electrons. The number of carbonyl (C=O) groups excluding carboxylic acids is 1. The molecule has 1 aromatic carbocycles. The fourth-order valence-corrected chi connectivity index (χ4v) is 4.29. The Morgan fingerprint density at radius 1 is 1.10 bits per heavy atom. The molecule has 1 amide bonds. The summed E-state index contributed by atoms with van der Waals surface area (Å²) in [5.41, 5.74) is 4.10. The van der Waals surface area contributed by atoms with Crippen LogP contribution in [0.5, 0.6) is 0 Å². The first kappa shape index (κ1) is 19.3. The first-order valence-electron chi connectivity index (χ1n) is 9.78. The summed E-state index contributed by atoms with van der Waals surface area (Å²) in [4.78, 5) is 15.0. The molecule has 0 N–H and O–H groups in total. The van der Waals surface area contributed by atoms with Crippen LogP contribution in [0.3, 0.4) is 0 Å². The zero-order valence-corrected chi connectivity index (χ0v) is 16.9. The van der Waals surface area contributed by atoms with Gasteiger partial charge in [0.1, 0.15) is 0 Å². The van der Waals surface area contributed by atoms with Crippen LogP contribution < -0.4 is 0 Å². The van der Waals surface area contributed by atoms with Gasteiger partial charge in [-0.3, -0.25) is 9.48 Å². The predicted molar refractivity (Wildman–Crippen MR) is 107 cm³/mol. The van der Waals surface area contributed by atoms with Crippen molar-refractivity contribution in [2.75, 3.05) is 6.54 Å². The van der Waals surface area contributed by atoms with Crippen LogP contribution in [0.2, 0.25) is 0 Å². The molecular weight excluding hydrogens is 407 g/mol. The first-order chi connectivity index (χ1) is 14.8. The van der Waals surface area contributed by atoms with Crippen molar-refractivity contribution >= 4 is 11.4 Å². The van der Waals surface area contributed by atoms with E-state index in [1.54, 1.807) is 29.6 Å². The number of aryl methyl sites for hydroxylation is 2. The van der Waals surface area contributed by atoms with E-state index in [1.165, 1.54) is 4.68 Å². The highest BCUT2D eigenvalue weighted by Crippen LogP contribution is 2.32. The van der Waals surface area contributed by atoms with Crippen LogP contribution in [0.15, 0.2) is 36.5 Å². The molecular formula is C22H18F3N5O. The number of amides is 1. The molecule has 3 aromatic heterocycles. The monoisotopic (exact) mass is 425 g/mol. The standard InChI is InChI=1S/C22H18F3N5O/c1-12-19(18-5-3-4-7-30(18)26-12)22(31)29-8-6-14-17(11-29)27-28(2)21(14)13-9-15(23)20(25)16(24)10-13/h3-5,7,9-10H,6,8,11H2,1-2H3. The van der Waals surface area contributed by atoms with Gasteiger partial charge in [0.05, 0.1) is 34.7 Å². The predicted octanol–water partition coefficient (Wildman–Crippen LogP) is 3.66. The van der Waals surface area contributed by atoms with Gasteiger partial charge < -0.3 is 4.90 Å². The summed E-state index contributed by atoms with van der Waals surface area (Å²) in [6, 6.07) is 7.48. The van der Waals surface area contributed by atoms with Crippen molar-refractivity contribution in [1.29, 1.82) is 0 Å². The number of carbonyl (C=O) groups is 1. The number of pyridine rings is 1. The highest BCUT2D eigenvalue weighted by molar-refractivity contribution is 6.02. The molecule has 0 fully saturated rings. The second kappa shape index (κ2) is 6.97. The fourth-order valence-electron chi connectivity index (χ4n) is 4.29. The summed E-state index contributed by atoms with van der Waals surface area (Å²) in [5.74, 6) is -4.14. The van der Waals surface area contributed by atoms with Crippen molar-refractivity contribution in [2.24, 2.45) is 7.05 Å². The van der Waals surface area contributed by atoms with E-state index in [4.69, 9.17) is 0 Å². The van der Waals surface area contributed by atoms with Gasteiger partial charge in [-0.05, 0) is 37.6 Å². The van der Waals surface area contributed by atoms with Crippen molar-refractivity contribution in [3.63, 3.8) is 0 Å². The van der Waals surface area contributed by atoms with E-state index in [0.29, 0.717) is 35.6 Å². The molecule has 1 aliphatic rings. The van der Waals surface area contributed by atoms with Crippen LogP contribution in [-0.4, -0.2) is 36.7 Å². The molecule has 6 nitrogen and oxygen atoms in total. The number of halogens is 3. The molecule has 4 heterocycles. The lowest BCUT2D eigenvalue weighted by Crippen LogP contribution is -2.36. The molecule has 0 spiro atoms. The van der Waals surface area contributed by atoms with E-state index in [2.05, 4.69) is 10.2 Å². The molecule has 4 aromatic rings.